The molecule has 2 heterocycles. The number of amides is 1. The fraction of sp³-hybridized carbons (Fsp3) is 0.190. The number of aromatic nitrogens is 1. The van der Waals surface area contributed by atoms with E-state index in [1.165, 1.54) is 11.3 Å². The van der Waals surface area contributed by atoms with Gasteiger partial charge in [-0.1, -0.05) is 24.3 Å². The van der Waals surface area contributed by atoms with Crippen molar-refractivity contribution < 1.29 is 23.8 Å². The summed E-state index contributed by atoms with van der Waals surface area (Å²) in [7, 11) is 3.15. The Bertz CT molecular complexity index is 1050. The van der Waals surface area contributed by atoms with Gasteiger partial charge in [-0.3, -0.25) is 10.1 Å². The third kappa shape index (κ3) is 3.79. The van der Waals surface area contributed by atoms with Gasteiger partial charge >= 0.3 is 5.97 Å². The average molecular weight is 410 g/mol. The normalized spacial score (nSPS) is 19.8. The summed E-state index contributed by atoms with van der Waals surface area (Å²) in [5.41, 5.74) is 1.39. The summed E-state index contributed by atoms with van der Waals surface area (Å²) >= 11 is 1.26. The minimum absolute atomic E-state index is 0.0232. The van der Waals surface area contributed by atoms with Crippen LogP contribution in [0, 0.1) is 5.92 Å². The lowest BCUT2D eigenvalue weighted by atomic mass is 9.92. The van der Waals surface area contributed by atoms with E-state index in [2.05, 4.69) is 10.3 Å². The second kappa shape index (κ2) is 7.92. The summed E-state index contributed by atoms with van der Waals surface area (Å²) in [6.07, 6.45) is 8.63. The van der Waals surface area contributed by atoms with E-state index < -0.39 is 11.9 Å². The fourth-order valence-corrected chi connectivity index (χ4v) is 3.82. The third-order valence-electron chi connectivity index (χ3n) is 4.60. The number of anilines is 1. The smallest absolute Gasteiger partial charge is 0.344 e. The van der Waals surface area contributed by atoms with Gasteiger partial charge in [0.15, 0.2) is 5.13 Å². The maximum atomic E-state index is 12.6. The number of allylic oxidation sites excluding steroid dienone is 2. The molecule has 0 saturated heterocycles. The van der Waals surface area contributed by atoms with Crippen LogP contribution in [0.1, 0.15) is 0 Å². The van der Waals surface area contributed by atoms with Gasteiger partial charge in [-0.25, -0.2) is 9.78 Å². The van der Waals surface area contributed by atoms with E-state index in [9.17, 15) is 9.59 Å². The summed E-state index contributed by atoms with van der Waals surface area (Å²) in [5.74, 6) is -0.0542. The van der Waals surface area contributed by atoms with Crippen LogP contribution in [0.25, 0.3) is 11.3 Å². The maximum Gasteiger partial charge on any atom is 0.344 e. The molecule has 2 aromatic rings. The lowest BCUT2D eigenvalue weighted by Gasteiger charge is -2.26. The first-order chi connectivity index (χ1) is 14.1. The first-order valence-electron chi connectivity index (χ1n) is 8.86. The molecule has 0 unspecified atom stereocenters. The Labute approximate surface area is 171 Å². The van der Waals surface area contributed by atoms with Crippen molar-refractivity contribution in [3.8, 4) is 22.8 Å². The number of rotatable bonds is 5. The standard InChI is InChI=1S/C21H18N2O5S/c1-26-13-7-8-14(18(10-13)27-2)16-11-29-21(22-16)23-19(24)15-9-12-5-3-4-6-17(12)28-20(15)25/h3-12,17H,1-2H3,(H,22,23,24)/t12-,17+/m0/s1. The second-order valence-corrected chi connectivity index (χ2v) is 7.21. The van der Waals surface area contributed by atoms with E-state index in [1.807, 2.05) is 24.3 Å². The molecule has 1 aromatic carbocycles. The molecular weight excluding hydrogens is 392 g/mol. The number of fused-ring (bicyclic) bond motifs is 1. The van der Waals surface area contributed by atoms with E-state index in [4.69, 9.17) is 14.2 Å². The van der Waals surface area contributed by atoms with Crippen LogP contribution in [0.3, 0.4) is 0 Å². The highest BCUT2D eigenvalue weighted by molar-refractivity contribution is 7.14. The number of carbonyl (C=O) groups is 2. The van der Waals surface area contributed by atoms with E-state index in [1.54, 1.807) is 43.9 Å². The molecule has 148 valence electrons. The molecule has 7 nitrogen and oxygen atoms in total. The van der Waals surface area contributed by atoms with E-state index in [0.717, 1.165) is 5.56 Å². The first kappa shape index (κ1) is 18.9. The first-order valence-corrected chi connectivity index (χ1v) is 9.74. The largest absolute Gasteiger partial charge is 0.497 e. The minimum Gasteiger partial charge on any atom is -0.497 e. The SMILES string of the molecule is COc1ccc(-c2csc(NC(=O)C3=C[C@@H]4C=CC=C[C@H]4OC3=O)n2)c(OC)c1. The molecule has 0 saturated carbocycles. The molecule has 4 rings (SSSR count). The highest BCUT2D eigenvalue weighted by Crippen LogP contribution is 2.35. The number of esters is 1. The van der Waals surface area contributed by atoms with Crippen LogP contribution in [0.2, 0.25) is 0 Å². The topological polar surface area (TPSA) is 86.8 Å². The number of hydrogen-bond donors (Lipinski definition) is 1. The molecule has 1 aliphatic carbocycles. The van der Waals surface area contributed by atoms with Gasteiger partial charge in [-0.15, -0.1) is 11.3 Å². The highest BCUT2D eigenvalue weighted by Gasteiger charge is 2.33. The molecule has 2 aliphatic rings. The van der Waals surface area contributed by atoms with Crippen LogP contribution < -0.4 is 14.8 Å². The van der Waals surface area contributed by atoms with Crippen molar-refractivity contribution in [2.24, 2.45) is 5.92 Å². The summed E-state index contributed by atoms with van der Waals surface area (Å²) < 4.78 is 16.0. The van der Waals surface area contributed by atoms with Crippen LogP contribution in [0.4, 0.5) is 5.13 Å². The second-order valence-electron chi connectivity index (χ2n) is 6.36. The molecule has 0 fully saturated rings. The van der Waals surface area contributed by atoms with Gasteiger partial charge in [0.05, 0.1) is 19.9 Å². The lowest BCUT2D eigenvalue weighted by molar-refractivity contribution is -0.145. The van der Waals surface area contributed by atoms with Gasteiger partial charge in [-0.05, 0) is 18.2 Å². The third-order valence-corrected chi connectivity index (χ3v) is 5.36. The maximum absolute atomic E-state index is 12.6. The zero-order valence-corrected chi connectivity index (χ0v) is 16.6. The van der Waals surface area contributed by atoms with Crippen LogP contribution in [-0.4, -0.2) is 37.2 Å². The van der Waals surface area contributed by atoms with Crippen molar-refractivity contribution in [3.63, 3.8) is 0 Å². The Morgan fingerprint density at radius 3 is 2.83 bits per heavy atom. The predicted molar refractivity (Wildman–Crippen MR) is 109 cm³/mol. The van der Waals surface area contributed by atoms with Crippen molar-refractivity contribution in [2.75, 3.05) is 19.5 Å². The number of nitrogens with zero attached hydrogens (tertiary/aromatic N) is 1. The highest BCUT2D eigenvalue weighted by atomic mass is 32.1. The van der Waals surface area contributed by atoms with Gasteiger partial charge in [-0.2, -0.15) is 0 Å². The number of hydrogen-bond acceptors (Lipinski definition) is 7. The van der Waals surface area contributed by atoms with Gasteiger partial charge < -0.3 is 14.2 Å². The molecule has 2 atom stereocenters. The zero-order valence-electron chi connectivity index (χ0n) is 15.7. The van der Waals surface area contributed by atoms with Gasteiger partial charge in [0.25, 0.3) is 5.91 Å². The molecule has 1 aromatic heterocycles. The molecule has 1 N–H and O–H groups in total. The van der Waals surface area contributed by atoms with Crippen LogP contribution in [0.5, 0.6) is 11.5 Å². The van der Waals surface area contributed by atoms with E-state index in [-0.39, 0.29) is 17.6 Å². The van der Waals surface area contributed by atoms with E-state index in [0.29, 0.717) is 22.3 Å². The molecular formula is C21H18N2O5S. The van der Waals surface area contributed by atoms with Crippen molar-refractivity contribution in [2.45, 2.75) is 6.10 Å². The Morgan fingerprint density at radius 2 is 2.03 bits per heavy atom. The van der Waals surface area contributed by atoms with E-state index >= 15 is 0 Å². The molecule has 29 heavy (non-hydrogen) atoms. The summed E-state index contributed by atoms with van der Waals surface area (Å²) in [4.78, 5) is 29.3. The minimum atomic E-state index is -0.641. The summed E-state index contributed by atoms with van der Waals surface area (Å²) in [6, 6.07) is 5.40. The number of nitrogens with one attached hydrogen (secondary N) is 1. The molecule has 0 spiro atoms. The van der Waals surface area contributed by atoms with Crippen molar-refractivity contribution in [1.29, 1.82) is 0 Å². The van der Waals surface area contributed by atoms with Crippen LogP contribution >= 0.6 is 11.3 Å². The Kier molecular flexibility index (Phi) is 5.18. The predicted octanol–water partition coefficient (Wildman–Crippen LogP) is 3.36. The van der Waals surface area contributed by atoms with Crippen molar-refractivity contribution in [3.05, 3.63) is 59.5 Å². The molecule has 0 bridgehead atoms. The fourth-order valence-electron chi connectivity index (χ4n) is 3.12. The number of thiazole rings is 1. The van der Waals surface area contributed by atoms with Gasteiger partial charge in [0.2, 0.25) is 0 Å². The van der Waals surface area contributed by atoms with Crippen molar-refractivity contribution in [1.82, 2.24) is 4.98 Å². The van der Waals surface area contributed by atoms with Gasteiger partial charge in [0.1, 0.15) is 23.2 Å². The Balaban J connectivity index is 1.53. The number of ether oxygens (including phenoxy) is 3. The van der Waals surface area contributed by atoms with Crippen LogP contribution in [0.15, 0.2) is 59.5 Å². The monoisotopic (exact) mass is 410 g/mol. The van der Waals surface area contributed by atoms with Gasteiger partial charge in [0, 0.05) is 22.9 Å². The Morgan fingerprint density at radius 1 is 1.21 bits per heavy atom. The lowest BCUT2D eigenvalue weighted by Crippen LogP contribution is -2.34. The Hall–Kier alpha value is -3.39. The average Bonchev–Trinajstić information content (AvgIpc) is 3.20. The zero-order chi connectivity index (χ0) is 20.4. The summed E-state index contributed by atoms with van der Waals surface area (Å²) in [6.45, 7) is 0. The van der Waals surface area contributed by atoms with Crippen molar-refractivity contribution >= 4 is 28.3 Å². The number of methoxy groups -OCH3 is 2. The molecule has 1 amide bonds. The number of benzene rings is 1. The number of carbonyl (C=O) groups excluding carboxylic acids is 2. The molecule has 1 aliphatic heterocycles. The quantitative estimate of drug-likeness (QED) is 0.601. The molecule has 8 heteroatoms. The molecule has 0 radical (unpaired) electrons. The summed E-state index contributed by atoms with van der Waals surface area (Å²) in [5, 5.41) is 4.86. The van der Waals surface area contributed by atoms with Crippen LogP contribution in [-0.2, 0) is 14.3 Å².